The molecular formula is C12H24N4S. The van der Waals surface area contributed by atoms with E-state index in [0.29, 0.717) is 0 Å². The molecule has 0 amide bonds. The summed E-state index contributed by atoms with van der Waals surface area (Å²) in [6, 6.07) is 0.218. The molecule has 1 aromatic rings. The Morgan fingerprint density at radius 3 is 2.71 bits per heavy atom. The minimum atomic E-state index is 0.218. The van der Waals surface area contributed by atoms with E-state index >= 15 is 0 Å². The van der Waals surface area contributed by atoms with Gasteiger partial charge >= 0.3 is 0 Å². The van der Waals surface area contributed by atoms with Crippen molar-refractivity contribution in [2.24, 2.45) is 11.8 Å². The number of hydrazine groups is 1. The third kappa shape index (κ3) is 4.69. The summed E-state index contributed by atoms with van der Waals surface area (Å²) in [4.78, 5) is 1.22. The fraction of sp³-hybridized carbons (Fsp3) is 0.833. The van der Waals surface area contributed by atoms with E-state index in [2.05, 4.69) is 35.8 Å². The van der Waals surface area contributed by atoms with Crippen molar-refractivity contribution in [3.8, 4) is 0 Å². The molecule has 4 nitrogen and oxygen atoms in total. The smallest absolute Gasteiger partial charge is 0.0804 e. The van der Waals surface area contributed by atoms with Crippen LogP contribution in [0.25, 0.3) is 0 Å². The van der Waals surface area contributed by atoms with Crippen LogP contribution in [0.1, 0.15) is 63.1 Å². The van der Waals surface area contributed by atoms with Crippen LogP contribution in [-0.4, -0.2) is 9.59 Å². The van der Waals surface area contributed by atoms with Crippen LogP contribution in [0.2, 0.25) is 0 Å². The lowest BCUT2D eigenvalue weighted by atomic mass is 10.0. The van der Waals surface area contributed by atoms with E-state index in [0.717, 1.165) is 30.9 Å². The summed E-state index contributed by atoms with van der Waals surface area (Å²) in [5, 5.41) is 4.19. The molecule has 1 rings (SSSR count). The minimum absolute atomic E-state index is 0.218. The molecule has 5 heteroatoms. The molecule has 0 aliphatic heterocycles. The fourth-order valence-corrected chi connectivity index (χ4v) is 2.70. The van der Waals surface area contributed by atoms with E-state index in [1.165, 1.54) is 29.3 Å². The Kier molecular flexibility index (Phi) is 6.62. The molecule has 1 heterocycles. The average Bonchev–Trinajstić information content (AvgIpc) is 2.73. The van der Waals surface area contributed by atoms with Crippen molar-refractivity contribution in [3.05, 3.63) is 10.6 Å². The molecule has 3 N–H and O–H groups in total. The van der Waals surface area contributed by atoms with Crippen LogP contribution in [0.15, 0.2) is 0 Å². The number of nitrogens with two attached hydrogens (primary N) is 1. The Hall–Kier alpha value is -0.520. The standard InChI is InChI=1S/C12H24N4S/c1-4-6-11-12(17-16-15-11)10(14-13)8-5-7-9(2)3/h9-10,14H,4-8,13H2,1-3H3. The monoisotopic (exact) mass is 256 g/mol. The summed E-state index contributed by atoms with van der Waals surface area (Å²) in [5.74, 6) is 6.40. The number of hydrogen-bond acceptors (Lipinski definition) is 5. The average molecular weight is 256 g/mol. The number of aromatic nitrogens is 2. The predicted octanol–water partition coefficient (Wildman–Crippen LogP) is 2.82. The van der Waals surface area contributed by atoms with Gasteiger partial charge in [0.2, 0.25) is 0 Å². The van der Waals surface area contributed by atoms with Gasteiger partial charge in [-0.1, -0.05) is 44.5 Å². The predicted molar refractivity (Wildman–Crippen MR) is 72.7 cm³/mol. The minimum Gasteiger partial charge on any atom is -0.271 e. The van der Waals surface area contributed by atoms with Gasteiger partial charge in [-0.15, -0.1) is 5.10 Å². The van der Waals surface area contributed by atoms with Gasteiger partial charge in [-0.2, -0.15) is 0 Å². The maximum atomic E-state index is 5.65. The summed E-state index contributed by atoms with van der Waals surface area (Å²) in [6.07, 6.45) is 5.59. The van der Waals surface area contributed by atoms with Gasteiger partial charge < -0.3 is 0 Å². The van der Waals surface area contributed by atoms with Gasteiger partial charge in [-0.05, 0) is 30.3 Å². The summed E-state index contributed by atoms with van der Waals surface area (Å²) >= 11 is 1.48. The second kappa shape index (κ2) is 7.74. The van der Waals surface area contributed by atoms with Crippen LogP contribution in [0.3, 0.4) is 0 Å². The molecule has 0 bridgehead atoms. The molecular weight excluding hydrogens is 232 g/mol. The Labute approximate surface area is 108 Å². The maximum Gasteiger partial charge on any atom is 0.0804 e. The van der Waals surface area contributed by atoms with Gasteiger partial charge in [0.25, 0.3) is 0 Å². The van der Waals surface area contributed by atoms with Gasteiger partial charge in [-0.3, -0.25) is 11.3 Å². The summed E-state index contributed by atoms with van der Waals surface area (Å²) in [5.41, 5.74) is 4.02. The van der Waals surface area contributed by atoms with Crippen LogP contribution >= 0.6 is 11.5 Å². The number of hydrogen-bond donors (Lipinski definition) is 2. The quantitative estimate of drug-likeness (QED) is 0.554. The van der Waals surface area contributed by atoms with Gasteiger partial charge in [0.15, 0.2) is 0 Å². The molecule has 0 aliphatic carbocycles. The zero-order chi connectivity index (χ0) is 12.7. The molecule has 0 fully saturated rings. The first-order valence-corrected chi connectivity index (χ1v) is 7.23. The van der Waals surface area contributed by atoms with Gasteiger partial charge in [0.1, 0.15) is 0 Å². The van der Waals surface area contributed by atoms with E-state index in [9.17, 15) is 0 Å². The molecule has 98 valence electrons. The molecule has 0 saturated carbocycles. The van der Waals surface area contributed by atoms with Crippen molar-refractivity contribution in [1.82, 2.24) is 15.0 Å². The molecule has 0 radical (unpaired) electrons. The number of nitrogens with zero attached hydrogens (tertiary/aromatic N) is 2. The van der Waals surface area contributed by atoms with E-state index in [1.54, 1.807) is 0 Å². The largest absolute Gasteiger partial charge is 0.271 e. The molecule has 0 saturated heterocycles. The lowest BCUT2D eigenvalue weighted by molar-refractivity contribution is 0.457. The van der Waals surface area contributed by atoms with Crippen molar-refractivity contribution >= 4 is 11.5 Å². The highest BCUT2D eigenvalue weighted by Crippen LogP contribution is 2.25. The van der Waals surface area contributed by atoms with E-state index in [4.69, 9.17) is 5.84 Å². The van der Waals surface area contributed by atoms with Crippen LogP contribution in [0, 0.1) is 5.92 Å². The highest BCUT2D eigenvalue weighted by Gasteiger charge is 2.17. The lowest BCUT2D eigenvalue weighted by Gasteiger charge is -2.15. The lowest BCUT2D eigenvalue weighted by Crippen LogP contribution is -2.28. The van der Waals surface area contributed by atoms with Crippen LogP contribution in [0.4, 0.5) is 0 Å². The van der Waals surface area contributed by atoms with Gasteiger partial charge in [0.05, 0.1) is 16.6 Å². The highest BCUT2D eigenvalue weighted by molar-refractivity contribution is 7.05. The zero-order valence-corrected chi connectivity index (χ0v) is 11.9. The zero-order valence-electron chi connectivity index (χ0n) is 11.1. The Bertz CT molecular complexity index is 311. The molecule has 0 aliphatic rings. The molecule has 1 aromatic heterocycles. The molecule has 0 aromatic carbocycles. The van der Waals surface area contributed by atoms with Crippen LogP contribution in [-0.2, 0) is 6.42 Å². The van der Waals surface area contributed by atoms with Crippen molar-refractivity contribution in [1.29, 1.82) is 0 Å². The first kappa shape index (κ1) is 14.5. The number of aryl methyl sites for hydroxylation is 1. The Balaban J connectivity index is 2.56. The van der Waals surface area contributed by atoms with E-state index < -0.39 is 0 Å². The molecule has 0 spiro atoms. The molecule has 1 atom stereocenters. The fourth-order valence-electron chi connectivity index (χ4n) is 1.91. The van der Waals surface area contributed by atoms with Crippen LogP contribution < -0.4 is 11.3 Å². The normalized spacial score (nSPS) is 13.2. The van der Waals surface area contributed by atoms with Crippen molar-refractivity contribution in [2.45, 2.75) is 58.9 Å². The Morgan fingerprint density at radius 2 is 2.12 bits per heavy atom. The second-order valence-corrected chi connectivity index (χ2v) is 5.66. The van der Waals surface area contributed by atoms with E-state index in [-0.39, 0.29) is 6.04 Å². The number of rotatable bonds is 8. The van der Waals surface area contributed by atoms with Crippen LogP contribution in [0.5, 0.6) is 0 Å². The Morgan fingerprint density at radius 1 is 1.35 bits per heavy atom. The molecule has 1 unspecified atom stereocenters. The van der Waals surface area contributed by atoms with E-state index in [1.807, 2.05) is 0 Å². The van der Waals surface area contributed by atoms with Crippen molar-refractivity contribution in [2.75, 3.05) is 0 Å². The first-order chi connectivity index (χ1) is 8.19. The summed E-state index contributed by atoms with van der Waals surface area (Å²) in [6.45, 7) is 6.66. The second-order valence-electron chi connectivity index (χ2n) is 4.88. The SMILES string of the molecule is CCCc1nnsc1C(CCCC(C)C)NN. The van der Waals surface area contributed by atoms with Gasteiger partial charge in [0, 0.05) is 0 Å². The van der Waals surface area contributed by atoms with Crippen molar-refractivity contribution in [3.63, 3.8) is 0 Å². The van der Waals surface area contributed by atoms with Crippen molar-refractivity contribution < 1.29 is 0 Å². The topological polar surface area (TPSA) is 63.8 Å². The summed E-state index contributed by atoms with van der Waals surface area (Å²) < 4.78 is 4.05. The molecule has 17 heavy (non-hydrogen) atoms. The number of nitrogens with one attached hydrogen (secondary N) is 1. The first-order valence-electron chi connectivity index (χ1n) is 6.46. The van der Waals surface area contributed by atoms with Gasteiger partial charge in [-0.25, -0.2) is 0 Å². The maximum absolute atomic E-state index is 5.65. The third-order valence-electron chi connectivity index (χ3n) is 2.86. The third-order valence-corrected chi connectivity index (χ3v) is 3.74. The summed E-state index contributed by atoms with van der Waals surface area (Å²) in [7, 11) is 0. The highest BCUT2D eigenvalue weighted by atomic mass is 32.1.